The van der Waals surface area contributed by atoms with Crippen LogP contribution >= 0.6 is 0 Å². The Hall–Kier alpha value is -2.31. The van der Waals surface area contributed by atoms with Crippen LogP contribution in [0, 0.1) is 17.5 Å². The first-order valence-electron chi connectivity index (χ1n) is 6.03. The van der Waals surface area contributed by atoms with Crippen LogP contribution in [0.3, 0.4) is 0 Å². The summed E-state index contributed by atoms with van der Waals surface area (Å²) in [6, 6.07) is 0.572. The van der Waals surface area contributed by atoms with E-state index in [0.717, 1.165) is 0 Å². The minimum atomic E-state index is -1.56. The normalized spacial score (nSPS) is 11.9. The predicted octanol–water partition coefficient (Wildman–Crippen LogP) is 2.60. The minimum absolute atomic E-state index is 0.150. The van der Waals surface area contributed by atoms with Crippen molar-refractivity contribution < 1.29 is 27.9 Å². The molecule has 0 heterocycles. The number of carbonyl (C=O) groups is 2. The van der Waals surface area contributed by atoms with Crippen molar-refractivity contribution in [3.05, 3.63) is 46.4 Å². The van der Waals surface area contributed by atoms with Crippen molar-refractivity contribution in [2.75, 3.05) is 14.1 Å². The van der Waals surface area contributed by atoms with Gasteiger partial charge in [0.1, 0.15) is 11.4 Å². The van der Waals surface area contributed by atoms with E-state index < -0.39 is 40.3 Å². The number of aliphatic carboxylic acids is 1. The minimum Gasteiger partial charge on any atom is -0.477 e. The highest BCUT2D eigenvalue weighted by Crippen LogP contribution is 2.21. The summed E-state index contributed by atoms with van der Waals surface area (Å²) in [6.07, 6.45) is 0.200. The van der Waals surface area contributed by atoms with E-state index in [1.54, 1.807) is 6.92 Å². The van der Waals surface area contributed by atoms with E-state index in [-0.39, 0.29) is 18.2 Å². The zero-order chi connectivity index (χ0) is 16.3. The highest BCUT2D eigenvalue weighted by Gasteiger charge is 2.27. The number of ketones is 1. The Morgan fingerprint density at radius 1 is 1.10 bits per heavy atom. The quantitative estimate of drug-likeness (QED) is 0.299. The predicted molar refractivity (Wildman–Crippen MR) is 69.3 cm³/mol. The molecule has 0 unspecified atom stereocenters. The maximum absolute atomic E-state index is 13.6. The molecule has 0 fully saturated rings. The second-order valence-corrected chi connectivity index (χ2v) is 4.45. The molecule has 0 atom stereocenters. The molecule has 0 aliphatic carbocycles. The van der Waals surface area contributed by atoms with Gasteiger partial charge in [-0.25, -0.2) is 18.0 Å². The lowest BCUT2D eigenvalue weighted by Crippen LogP contribution is -2.23. The molecular weight excluding hydrogens is 287 g/mol. The molecule has 1 rings (SSSR count). The van der Waals surface area contributed by atoms with Crippen LogP contribution in [-0.4, -0.2) is 35.9 Å². The summed E-state index contributed by atoms with van der Waals surface area (Å²) in [6.45, 7) is 1.62. The molecule has 0 aliphatic rings. The van der Waals surface area contributed by atoms with Gasteiger partial charge < -0.3 is 10.0 Å². The number of carboxylic acids is 1. The largest absolute Gasteiger partial charge is 0.477 e. The van der Waals surface area contributed by atoms with Crippen LogP contribution in [0.2, 0.25) is 0 Å². The van der Waals surface area contributed by atoms with Gasteiger partial charge in [0.2, 0.25) is 5.78 Å². The summed E-state index contributed by atoms with van der Waals surface area (Å²) in [5, 5.41) is 9.17. The Kier molecular flexibility index (Phi) is 5.12. The van der Waals surface area contributed by atoms with Crippen LogP contribution in [0.15, 0.2) is 23.4 Å². The number of carbonyl (C=O) groups excluding carboxylic acids is 1. The lowest BCUT2D eigenvalue weighted by Gasteiger charge is -2.18. The van der Waals surface area contributed by atoms with Crippen molar-refractivity contribution in [2.24, 2.45) is 0 Å². The molecule has 4 nitrogen and oxygen atoms in total. The van der Waals surface area contributed by atoms with Crippen LogP contribution in [0.1, 0.15) is 23.7 Å². The van der Waals surface area contributed by atoms with Gasteiger partial charge in [0.25, 0.3) is 0 Å². The van der Waals surface area contributed by atoms with Gasteiger partial charge in [0, 0.05) is 25.9 Å². The van der Waals surface area contributed by atoms with Crippen LogP contribution in [0.25, 0.3) is 0 Å². The van der Waals surface area contributed by atoms with E-state index in [4.69, 9.17) is 0 Å². The second kappa shape index (κ2) is 6.43. The molecular formula is C14H14F3NO3. The zero-order valence-corrected chi connectivity index (χ0v) is 11.7. The molecule has 0 bridgehead atoms. The molecule has 21 heavy (non-hydrogen) atoms. The lowest BCUT2D eigenvalue weighted by atomic mass is 9.99. The van der Waals surface area contributed by atoms with Gasteiger partial charge in [-0.15, -0.1) is 0 Å². The number of Topliss-reactive ketones (excluding diaryl/α,β-unsaturated/α-hetero) is 1. The van der Waals surface area contributed by atoms with Crippen molar-refractivity contribution in [1.82, 2.24) is 4.90 Å². The summed E-state index contributed by atoms with van der Waals surface area (Å²) in [5.41, 5.74) is -1.34. The zero-order valence-electron chi connectivity index (χ0n) is 11.7. The molecule has 114 valence electrons. The Morgan fingerprint density at radius 2 is 1.62 bits per heavy atom. The van der Waals surface area contributed by atoms with Crippen molar-refractivity contribution in [1.29, 1.82) is 0 Å². The number of hydrogen-bond donors (Lipinski definition) is 1. The first-order valence-corrected chi connectivity index (χ1v) is 6.03. The smallest absolute Gasteiger partial charge is 0.341 e. The molecule has 0 aromatic heterocycles. The van der Waals surface area contributed by atoms with Crippen molar-refractivity contribution in [3.63, 3.8) is 0 Å². The topological polar surface area (TPSA) is 57.6 Å². The molecule has 0 aliphatic heterocycles. The number of rotatable bonds is 5. The number of benzene rings is 1. The van der Waals surface area contributed by atoms with E-state index in [9.17, 15) is 27.9 Å². The van der Waals surface area contributed by atoms with Crippen LogP contribution in [-0.2, 0) is 4.79 Å². The monoisotopic (exact) mass is 301 g/mol. The summed E-state index contributed by atoms with van der Waals surface area (Å²) >= 11 is 0. The summed E-state index contributed by atoms with van der Waals surface area (Å²) in [5.74, 6) is -6.95. The van der Waals surface area contributed by atoms with E-state index in [1.165, 1.54) is 19.0 Å². The summed E-state index contributed by atoms with van der Waals surface area (Å²) < 4.78 is 39.6. The molecule has 7 heteroatoms. The maximum atomic E-state index is 13.6. The number of halogens is 3. The third-order valence-electron chi connectivity index (χ3n) is 2.86. The van der Waals surface area contributed by atoms with Crippen LogP contribution in [0.4, 0.5) is 13.2 Å². The first kappa shape index (κ1) is 16.7. The lowest BCUT2D eigenvalue weighted by molar-refractivity contribution is -0.132. The van der Waals surface area contributed by atoms with Gasteiger partial charge in [-0.2, -0.15) is 0 Å². The van der Waals surface area contributed by atoms with Crippen LogP contribution in [0.5, 0.6) is 0 Å². The molecule has 1 aromatic rings. The highest BCUT2D eigenvalue weighted by atomic mass is 19.2. The van der Waals surface area contributed by atoms with Gasteiger partial charge in [-0.3, -0.25) is 4.79 Å². The highest BCUT2D eigenvalue weighted by molar-refractivity contribution is 6.24. The number of hydrogen-bond acceptors (Lipinski definition) is 3. The molecule has 0 saturated carbocycles. The fourth-order valence-electron chi connectivity index (χ4n) is 1.90. The summed E-state index contributed by atoms with van der Waals surface area (Å²) in [7, 11) is 3.05. The molecule has 0 saturated heterocycles. The van der Waals surface area contributed by atoms with Crippen LogP contribution < -0.4 is 0 Å². The van der Waals surface area contributed by atoms with Gasteiger partial charge in [0.05, 0.1) is 5.56 Å². The van der Waals surface area contributed by atoms with E-state index in [0.29, 0.717) is 6.07 Å². The molecule has 1 N–H and O–H groups in total. The average molecular weight is 301 g/mol. The summed E-state index contributed by atoms with van der Waals surface area (Å²) in [4.78, 5) is 24.9. The SMILES string of the molecule is CCC(=C(C(=O)O)C(=O)c1cc(F)c(F)cc1F)N(C)C. The van der Waals surface area contributed by atoms with Gasteiger partial charge in [-0.05, 0) is 12.5 Å². The Balaban J connectivity index is 3.52. The van der Waals surface area contributed by atoms with Gasteiger partial charge in [-0.1, -0.05) is 6.92 Å². The fourth-order valence-corrected chi connectivity index (χ4v) is 1.90. The van der Waals surface area contributed by atoms with E-state index >= 15 is 0 Å². The van der Waals surface area contributed by atoms with Crippen molar-refractivity contribution in [3.8, 4) is 0 Å². The Bertz CT molecular complexity index is 624. The third-order valence-corrected chi connectivity index (χ3v) is 2.86. The molecule has 0 spiro atoms. The molecule has 0 radical (unpaired) electrons. The van der Waals surface area contributed by atoms with Gasteiger partial charge in [0.15, 0.2) is 11.6 Å². The standard InChI is InChI=1S/C14H14F3NO3/c1-4-11(18(2)3)12(14(20)21)13(19)7-5-9(16)10(17)6-8(7)15/h5-6H,4H2,1-3H3,(H,20,21). The van der Waals surface area contributed by atoms with E-state index in [1.807, 2.05) is 0 Å². The first-order chi connectivity index (χ1) is 9.70. The second-order valence-electron chi connectivity index (χ2n) is 4.45. The van der Waals surface area contributed by atoms with Gasteiger partial charge >= 0.3 is 5.97 Å². The number of carboxylic acid groups (broad SMARTS) is 1. The van der Waals surface area contributed by atoms with E-state index in [2.05, 4.69) is 0 Å². The fraction of sp³-hybridized carbons (Fsp3) is 0.286. The third kappa shape index (κ3) is 3.42. The number of nitrogens with zero attached hydrogens (tertiary/aromatic N) is 1. The van der Waals surface area contributed by atoms with Crippen molar-refractivity contribution >= 4 is 11.8 Å². The average Bonchev–Trinajstić information content (AvgIpc) is 2.38. The Labute approximate surface area is 119 Å². The Morgan fingerprint density at radius 3 is 2.05 bits per heavy atom. The molecule has 0 amide bonds. The van der Waals surface area contributed by atoms with Crippen molar-refractivity contribution in [2.45, 2.75) is 13.3 Å². The molecule has 1 aromatic carbocycles. The maximum Gasteiger partial charge on any atom is 0.341 e. The number of allylic oxidation sites excluding steroid dienone is 1.